The van der Waals surface area contributed by atoms with Gasteiger partial charge in [0.05, 0.1) is 13.0 Å². The van der Waals surface area contributed by atoms with Crippen molar-refractivity contribution in [2.45, 2.75) is 308 Å². The molecule has 0 spiro atoms. The number of guanidine groups is 2. The lowest BCUT2D eigenvalue weighted by atomic mass is 9.97. The Morgan fingerprint density at radius 3 is 1.16 bits per heavy atom. The van der Waals surface area contributed by atoms with Crippen molar-refractivity contribution < 1.29 is 102 Å². The van der Waals surface area contributed by atoms with Crippen LogP contribution in [0.5, 0.6) is 0 Å². The smallest absolute Gasteiger partial charge is 0.326 e. The number of hydrogen-bond donors (Lipinski definition) is 21. The molecule has 0 heterocycles. The summed E-state index contributed by atoms with van der Waals surface area (Å²) in [5, 5.41) is 68.4. The minimum absolute atomic E-state index is 0.0104. The summed E-state index contributed by atoms with van der Waals surface area (Å²) in [4.78, 5) is 237. The van der Waals surface area contributed by atoms with E-state index in [2.05, 4.69) is 80.7 Å². The van der Waals surface area contributed by atoms with Crippen molar-refractivity contribution in [3.63, 3.8) is 0 Å². The Morgan fingerprint density at radius 1 is 0.361 bits per heavy atom. The summed E-state index contributed by atoms with van der Waals surface area (Å²) in [7, 11) is 0. The van der Waals surface area contributed by atoms with Crippen molar-refractivity contribution in [2.24, 2.45) is 56.4 Å². The Balaban J connectivity index is 3.56. The van der Waals surface area contributed by atoms with Crippen LogP contribution in [0.25, 0.3) is 0 Å². The van der Waals surface area contributed by atoms with Gasteiger partial charge in [-0.25, -0.2) is 4.79 Å². The first-order chi connectivity index (χ1) is 56.2. The zero-order chi connectivity index (χ0) is 89.7. The second-order valence-corrected chi connectivity index (χ2v) is 30.3. The Labute approximate surface area is 695 Å². The molecule has 0 aliphatic carbocycles. The zero-order valence-electron chi connectivity index (χ0n) is 70.1. The predicted molar refractivity (Wildman–Crippen MR) is 441 cm³/mol. The number of carboxylic acids is 4. The molecule has 1 rings (SSSR count). The van der Waals surface area contributed by atoms with E-state index >= 15 is 0 Å². The molecule has 0 aliphatic rings. The average Bonchev–Trinajstić information content (AvgIpc) is 0.854. The Kier molecular flexibility index (Phi) is 52.8. The molecule has 40 heteroatoms. The highest BCUT2D eigenvalue weighted by molar-refractivity contribution is 6.00. The molecule has 0 saturated heterocycles. The lowest BCUT2D eigenvalue weighted by Crippen LogP contribution is -2.60. The van der Waals surface area contributed by atoms with E-state index in [1.54, 1.807) is 65.0 Å². The first kappa shape index (κ1) is 106. The van der Waals surface area contributed by atoms with Gasteiger partial charge in [-0.05, 0) is 88.0 Å². The van der Waals surface area contributed by atoms with Crippen molar-refractivity contribution in [3.05, 3.63) is 35.9 Å². The number of nitrogens with two attached hydrogens (primary N) is 5. The van der Waals surface area contributed by atoms with Crippen molar-refractivity contribution in [3.8, 4) is 0 Å². The van der Waals surface area contributed by atoms with Gasteiger partial charge in [0.25, 0.3) is 0 Å². The molecule has 670 valence electrons. The van der Waals surface area contributed by atoms with E-state index in [4.69, 9.17) is 28.7 Å². The quantitative estimate of drug-likeness (QED) is 0.0231. The van der Waals surface area contributed by atoms with E-state index in [1.165, 1.54) is 58.3 Å². The number of aliphatic carboxylic acids is 4. The average molecular weight is 1690 g/mol. The molecule has 0 unspecified atom stereocenters. The summed E-state index contributed by atoms with van der Waals surface area (Å²) in [6.45, 7) is 12.4. The third kappa shape index (κ3) is 47.1. The van der Waals surface area contributed by atoms with Crippen LogP contribution in [0, 0.1) is 17.8 Å². The van der Waals surface area contributed by atoms with Gasteiger partial charge in [0.15, 0.2) is 11.9 Å². The molecule has 0 bridgehead atoms. The maximum atomic E-state index is 14.7. The largest absolute Gasteiger partial charge is 0.481 e. The summed E-state index contributed by atoms with van der Waals surface area (Å²) < 4.78 is 0. The lowest BCUT2D eigenvalue weighted by molar-refractivity contribution is -0.143. The normalized spacial score (nSPS) is 14.3. The Bertz CT molecular complexity index is 3510. The topological polar surface area (TPSA) is 670 Å². The van der Waals surface area contributed by atoms with Crippen molar-refractivity contribution in [1.29, 1.82) is 0 Å². The molecule has 0 radical (unpaired) electrons. The molecule has 13 amide bonds. The summed E-state index contributed by atoms with van der Waals surface area (Å²) >= 11 is 0. The van der Waals surface area contributed by atoms with E-state index in [1.807, 2.05) is 6.92 Å². The van der Waals surface area contributed by atoms with Gasteiger partial charge in [0.1, 0.15) is 66.5 Å². The summed E-state index contributed by atoms with van der Waals surface area (Å²) in [5.41, 5.74) is 28.3. The van der Waals surface area contributed by atoms with Crippen LogP contribution in [0.2, 0.25) is 0 Å². The number of unbranched alkanes of at least 4 members (excludes halogenated alkanes) is 12. The zero-order valence-corrected chi connectivity index (χ0v) is 70.1. The number of primary amides is 1. The fraction of sp³-hybridized carbons (Fsp3) is 0.684. The lowest BCUT2D eigenvalue weighted by Gasteiger charge is -2.29. The van der Waals surface area contributed by atoms with Crippen LogP contribution in [0.15, 0.2) is 40.3 Å². The first-order valence-electron chi connectivity index (χ1n) is 41.1. The van der Waals surface area contributed by atoms with Gasteiger partial charge < -0.3 is 113 Å². The third-order valence-electron chi connectivity index (χ3n) is 19.6. The van der Waals surface area contributed by atoms with Crippen LogP contribution < -0.4 is 92.5 Å². The van der Waals surface area contributed by atoms with Gasteiger partial charge in [-0.15, -0.1) is 0 Å². The van der Waals surface area contributed by atoms with E-state index in [-0.39, 0.29) is 88.2 Å². The number of rotatable bonds is 65. The summed E-state index contributed by atoms with van der Waals surface area (Å²) in [5.74, 6) is -21.0. The molecular formula is C79H133N19O21. The second-order valence-electron chi connectivity index (χ2n) is 30.3. The van der Waals surface area contributed by atoms with Crippen LogP contribution in [0.3, 0.4) is 0 Å². The van der Waals surface area contributed by atoms with Crippen LogP contribution in [-0.4, -0.2) is 219 Å². The number of carbonyl (C=O) groups excluding carboxylic acids is 13. The Hall–Kier alpha value is -11.3. The van der Waals surface area contributed by atoms with E-state index in [9.17, 15) is 102 Å². The van der Waals surface area contributed by atoms with Gasteiger partial charge >= 0.3 is 23.9 Å². The number of carbonyl (C=O) groups is 17. The predicted octanol–water partition coefficient (Wildman–Crippen LogP) is -0.0208. The minimum Gasteiger partial charge on any atom is -0.481 e. The number of aliphatic imine (C=N–C) groups is 2. The number of hydrogen-bond acceptors (Lipinski definition) is 19. The maximum absolute atomic E-state index is 14.7. The maximum Gasteiger partial charge on any atom is 0.326 e. The molecule has 0 saturated carbocycles. The van der Waals surface area contributed by atoms with Crippen molar-refractivity contribution in [2.75, 3.05) is 19.6 Å². The van der Waals surface area contributed by atoms with Crippen molar-refractivity contribution >= 4 is 113 Å². The fourth-order valence-corrected chi connectivity index (χ4v) is 12.3. The summed E-state index contributed by atoms with van der Waals surface area (Å²) in [6, 6.07) is -9.35. The fourth-order valence-electron chi connectivity index (χ4n) is 12.3. The highest BCUT2D eigenvalue weighted by Crippen LogP contribution is 2.18. The van der Waals surface area contributed by atoms with Crippen LogP contribution >= 0.6 is 0 Å². The number of nitrogens with zero attached hydrogens (tertiary/aromatic N) is 2. The summed E-state index contributed by atoms with van der Waals surface area (Å²) in [6.07, 6.45) is 9.71. The first-order valence-corrected chi connectivity index (χ1v) is 41.1. The minimum atomic E-state index is -1.99. The van der Waals surface area contributed by atoms with Gasteiger partial charge in [-0.2, -0.15) is 0 Å². The number of benzene rings is 1. The molecule has 1 aromatic carbocycles. The molecule has 119 heavy (non-hydrogen) atoms. The molecule has 0 fully saturated rings. The van der Waals surface area contributed by atoms with Crippen molar-refractivity contribution in [1.82, 2.24) is 63.8 Å². The van der Waals surface area contributed by atoms with Gasteiger partial charge in [-0.1, -0.05) is 169 Å². The second kappa shape index (κ2) is 59.4. The van der Waals surface area contributed by atoms with Crippen LogP contribution in [0.1, 0.15) is 241 Å². The SMILES string of the molecule is CCCCCCCCCCCCCCCC(=O)N[C@H](C(=O)N[C@@H](C)C(=O)N[C@@H](CCC(N)=O)C(=O)N[C@@H](CCC(=O)O)C(=O)N[C@@H](CC(C)C)C(=O)N[C@@H](CCCN=C(N)N)C(=O)N[C@@H](CCCN=C(N)N)C(=O)N[C@H](C(=O)NCC(=O)N[C@@H](CC(=O)O)C(=O)N[C@@H](CCC(=O)O)C(=O)N[C@@H](Cc1ccccc1)C(=O)O)[C@@H](C)CC)[C@@H](C)CC. The van der Waals surface area contributed by atoms with Crippen LogP contribution in [-0.2, 0) is 87.9 Å². The molecular weight excluding hydrogens is 1550 g/mol. The van der Waals surface area contributed by atoms with Crippen LogP contribution in [0.4, 0.5) is 0 Å². The number of nitrogens with one attached hydrogen (secondary N) is 12. The molecule has 13 atom stereocenters. The molecule has 0 aliphatic heterocycles. The number of amides is 13. The number of carboxylic acid groups (broad SMARTS) is 4. The van der Waals surface area contributed by atoms with E-state index in [0.29, 0.717) is 18.4 Å². The monoisotopic (exact) mass is 1680 g/mol. The molecule has 0 aromatic heterocycles. The van der Waals surface area contributed by atoms with Gasteiger partial charge in [0, 0.05) is 45.2 Å². The highest BCUT2D eigenvalue weighted by atomic mass is 16.4. The van der Waals surface area contributed by atoms with Gasteiger partial charge in [-0.3, -0.25) is 86.7 Å². The van der Waals surface area contributed by atoms with E-state index < -0.39 is 225 Å². The molecule has 1 aromatic rings. The van der Waals surface area contributed by atoms with E-state index in [0.717, 1.165) is 25.7 Å². The molecule has 40 nitrogen and oxygen atoms in total. The molecule has 26 N–H and O–H groups in total. The Morgan fingerprint density at radius 2 is 0.748 bits per heavy atom. The van der Waals surface area contributed by atoms with Gasteiger partial charge in [0.2, 0.25) is 76.8 Å². The standard InChI is InChI=1S/C79H133N19O21/c1-9-12-13-14-15-16-17-18-19-20-21-22-26-33-60(100)97-66(48(7)11-3)76(117)88-49(8)67(108)90-53(34-37-59(80)99)69(110)93-54(35-38-62(102)103)70(111)95-56(42-46(4)5)73(114)92-51(31-27-40-85-78(81)82)68(109)91-52(32-28-41-86-79(83)84)72(113)98-65(47(6)10-2)75(116)87-45-61(101)89-57(44-64(106)107)74(115)94-55(36-39-63(104)105)71(112)96-58(77(118)119)43-50-29-24-23-25-30-50/h23-25,29-30,46-49,51-58,65-66H,9-22,26-28,31-45H2,1-8H3,(H2,80,99)(H,87,116)(H,88,117)(H,89,101)(H,90,108)(H,91,109)(H,92,114)(H,93,110)(H,94,115)(H,95,111)(H,96,112)(H,97,100)(H,98,113)(H,102,103)(H,104,105)(H,106,107)(H,118,119)(H4,81,82,85)(H4,83,84,86)/t47-,48-,49-,51-,52-,53-,54-,55-,56-,57-,58-,65-,66-/m0/s1. The third-order valence-corrected chi connectivity index (χ3v) is 19.6. The highest BCUT2D eigenvalue weighted by Gasteiger charge is 2.38.